The summed E-state index contributed by atoms with van der Waals surface area (Å²) in [5.74, 6) is 0. The Bertz CT molecular complexity index is 490. The van der Waals surface area contributed by atoms with Crippen LogP contribution in [0.25, 0.3) is 10.4 Å². The fourth-order valence-corrected chi connectivity index (χ4v) is 2.86. The van der Waals surface area contributed by atoms with E-state index in [1.807, 2.05) is 13.1 Å². The maximum atomic E-state index is 6.24. The van der Waals surface area contributed by atoms with E-state index in [4.69, 9.17) is 11.6 Å². The van der Waals surface area contributed by atoms with E-state index in [2.05, 4.69) is 35.8 Å². The van der Waals surface area contributed by atoms with Gasteiger partial charge in [0.05, 0.1) is 0 Å². The second-order valence-electron chi connectivity index (χ2n) is 3.77. The van der Waals surface area contributed by atoms with Crippen molar-refractivity contribution in [1.82, 2.24) is 5.32 Å². The van der Waals surface area contributed by atoms with E-state index in [1.165, 1.54) is 16.0 Å². The number of nitrogens with one attached hydrogen (secondary N) is 1. The summed E-state index contributed by atoms with van der Waals surface area (Å²) < 4.78 is 0. The monoisotopic (exact) mass is 251 g/mol. The van der Waals surface area contributed by atoms with Crippen molar-refractivity contribution >= 4 is 22.9 Å². The van der Waals surface area contributed by atoms with Gasteiger partial charge in [0.1, 0.15) is 0 Å². The average molecular weight is 252 g/mol. The van der Waals surface area contributed by atoms with Crippen LogP contribution >= 0.6 is 22.9 Å². The molecular formula is C13H14ClNS. The minimum Gasteiger partial charge on any atom is -0.316 e. The molecule has 0 aliphatic carbocycles. The van der Waals surface area contributed by atoms with Crippen LogP contribution in [0.2, 0.25) is 5.02 Å². The van der Waals surface area contributed by atoms with Gasteiger partial charge in [-0.3, -0.25) is 0 Å². The van der Waals surface area contributed by atoms with Gasteiger partial charge in [-0.25, -0.2) is 0 Å². The smallest absolute Gasteiger partial charge is 0.0457 e. The fourth-order valence-electron chi connectivity index (χ4n) is 1.69. The molecule has 0 atom stereocenters. The van der Waals surface area contributed by atoms with E-state index in [0.717, 1.165) is 17.1 Å². The molecule has 0 aliphatic rings. The van der Waals surface area contributed by atoms with Gasteiger partial charge in [-0.1, -0.05) is 23.7 Å². The van der Waals surface area contributed by atoms with E-state index < -0.39 is 0 Å². The van der Waals surface area contributed by atoms with Crippen molar-refractivity contribution in [2.45, 2.75) is 13.5 Å². The molecule has 16 heavy (non-hydrogen) atoms. The van der Waals surface area contributed by atoms with Gasteiger partial charge in [0, 0.05) is 16.4 Å². The summed E-state index contributed by atoms with van der Waals surface area (Å²) in [5.41, 5.74) is 3.65. The SMILES string of the molecule is CNCc1ccc(-c2sccc2C)cc1Cl. The summed E-state index contributed by atoms with van der Waals surface area (Å²) in [5, 5.41) is 6.05. The standard InChI is InChI=1S/C13H14ClNS/c1-9-5-6-16-13(9)10-3-4-11(8-15-2)12(14)7-10/h3-7,15H,8H2,1-2H3. The van der Waals surface area contributed by atoms with Crippen molar-refractivity contribution in [3.63, 3.8) is 0 Å². The van der Waals surface area contributed by atoms with E-state index in [0.29, 0.717) is 0 Å². The van der Waals surface area contributed by atoms with Crippen LogP contribution in [0.15, 0.2) is 29.6 Å². The van der Waals surface area contributed by atoms with Gasteiger partial charge in [-0.2, -0.15) is 0 Å². The summed E-state index contributed by atoms with van der Waals surface area (Å²) in [6, 6.07) is 8.41. The lowest BCUT2D eigenvalue weighted by Crippen LogP contribution is -2.05. The second-order valence-corrected chi connectivity index (χ2v) is 5.09. The molecule has 2 aromatic rings. The molecule has 1 aromatic carbocycles. The molecule has 0 amide bonds. The zero-order valence-electron chi connectivity index (χ0n) is 9.38. The molecule has 0 fully saturated rings. The third-order valence-electron chi connectivity index (χ3n) is 2.54. The van der Waals surface area contributed by atoms with Gasteiger partial charge >= 0.3 is 0 Å². The first-order chi connectivity index (χ1) is 7.72. The van der Waals surface area contributed by atoms with Crippen molar-refractivity contribution in [1.29, 1.82) is 0 Å². The Hall–Kier alpha value is -0.830. The van der Waals surface area contributed by atoms with E-state index in [-0.39, 0.29) is 0 Å². The molecule has 2 rings (SSSR count). The van der Waals surface area contributed by atoms with Gasteiger partial charge in [0.2, 0.25) is 0 Å². The molecule has 1 nitrogen and oxygen atoms in total. The van der Waals surface area contributed by atoms with Crippen LogP contribution in [-0.2, 0) is 6.54 Å². The summed E-state index contributed by atoms with van der Waals surface area (Å²) in [6.45, 7) is 2.93. The predicted molar refractivity (Wildman–Crippen MR) is 72.3 cm³/mol. The molecule has 0 radical (unpaired) electrons. The first-order valence-electron chi connectivity index (χ1n) is 5.20. The predicted octanol–water partition coefficient (Wildman–Crippen LogP) is 4.10. The van der Waals surface area contributed by atoms with E-state index in [1.54, 1.807) is 11.3 Å². The van der Waals surface area contributed by atoms with Crippen LogP contribution in [0.4, 0.5) is 0 Å². The second kappa shape index (κ2) is 5.00. The van der Waals surface area contributed by atoms with Crippen molar-refractivity contribution in [2.24, 2.45) is 0 Å². The zero-order valence-corrected chi connectivity index (χ0v) is 11.0. The molecule has 0 spiro atoms. The van der Waals surface area contributed by atoms with E-state index in [9.17, 15) is 0 Å². The Labute approximate surface area is 105 Å². The number of hydrogen-bond acceptors (Lipinski definition) is 2. The minimum atomic E-state index is 0.808. The van der Waals surface area contributed by atoms with Gasteiger partial charge in [-0.15, -0.1) is 11.3 Å². The Morgan fingerprint density at radius 2 is 2.12 bits per heavy atom. The molecular weight excluding hydrogens is 238 g/mol. The highest BCUT2D eigenvalue weighted by atomic mass is 35.5. The molecule has 0 bridgehead atoms. The van der Waals surface area contributed by atoms with Crippen molar-refractivity contribution in [3.05, 3.63) is 45.8 Å². The maximum Gasteiger partial charge on any atom is 0.0457 e. The average Bonchev–Trinajstić information content (AvgIpc) is 2.68. The highest BCUT2D eigenvalue weighted by Gasteiger charge is 2.06. The third-order valence-corrected chi connectivity index (χ3v) is 3.96. The number of rotatable bonds is 3. The normalized spacial score (nSPS) is 10.7. The number of thiophene rings is 1. The highest BCUT2D eigenvalue weighted by Crippen LogP contribution is 2.31. The quantitative estimate of drug-likeness (QED) is 0.866. The Morgan fingerprint density at radius 3 is 2.69 bits per heavy atom. The van der Waals surface area contributed by atoms with Gasteiger partial charge in [0.25, 0.3) is 0 Å². The van der Waals surface area contributed by atoms with Crippen LogP contribution in [0.3, 0.4) is 0 Å². The molecule has 0 unspecified atom stereocenters. The molecule has 0 saturated carbocycles. The van der Waals surface area contributed by atoms with Crippen molar-refractivity contribution in [3.8, 4) is 10.4 Å². The van der Waals surface area contributed by atoms with Crippen LogP contribution in [0.1, 0.15) is 11.1 Å². The Balaban J connectivity index is 2.38. The lowest BCUT2D eigenvalue weighted by Gasteiger charge is -2.06. The third kappa shape index (κ3) is 2.29. The number of hydrogen-bond donors (Lipinski definition) is 1. The first-order valence-corrected chi connectivity index (χ1v) is 6.45. The van der Waals surface area contributed by atoms with Gasteiger partial charge in [0.15, 0.2) is 0 Å². The Morgan fingerprint density at radius 1 is 1.31 bits per heavy atom. The molecule has 1 N–H and O–H groups in total. The summed E-state index contributed by atoms with van der Waals surface area (Å²) >= 11 is 8.00. The molecule has 1 heterocycles. The molecule has 84 valence electrons. The van der Waals surface area contributed by atoms with Crippen LogP contribution in [-0.4, -0.2) is 7.05 Å². The maximum absolute atomic E-state index is 6.24. The Kier molecular flexibility index (Phi) is 3.64. The molecule has 3 heteroatoms. The summed E-state index contributed by atoms with van der Waals surface area (Å²) in [6.07, 6.45) is 0. The zero-order chi connectivity index (χ0) is 11.5. The molecule has 0 saturated heterocycles. The lowest BCUT2D eigenvalue weighted by molar-refractivity contribution is 0.818. The summed E-state index contributed by atoms with van der Waals surface area (Å²) in [7, 11) is 1.92. The number of halogens is 1. The first kappa shape index (κ1) is 11.6. The van der Waals surface area contributed by atoms with Crippen molar-refractivity contribution in [2.75, 3.05) is 7.05 Å². The van der Waals surface area contributed by atoms with Crippen molar-refractivity contribution < 1.29 is 0 Å². The van der Waals surface area contributed by atoms with Gasteiger partial charge < -0.3 is 5.32 Å². The highest BCUT2D eigenvalue weighted by molar-refractivity contribution is 7.13. The minimum absolute atomic E-state index is 0.808. The topological polar surface area (TPSA) is 12.0 Å². The fraction of sp³-hybridized carbons (Fsp3) is 0.231. The van der Waals surface area contributed by atoms with Crippen LogP contribution in [0.5, 0.6) is 0 Å². The summed E-state index contributed by atoms with van der Waals surface area (Å²) in [4.78, 5) is 1.30. The molecule has 0 aliphatic heterocycles. The van der Waals surface area contributed by atoms with Crippen LogP contribution < -0.4 is 5.32 Å². The number of aryl methyl sites for hydroxylation is 1. The number of benzene rings is 1. The largest absolute Gasteiger partial charge is 0.316 e. The van der Waals surface area contributed by atoms with Crippen LogP contribution in [0, 0.1) is 6.92 Å². The van der Waals surface area contributed by atoms with Gasteiger partial charge in [-0.05, 0) is 48.2 Å². The molecule has 1 aromatic heterocycles. The van der Waals surface area contributed by atoms with E-state index >= 15 is 0 Å². The lowest BCUT2D eigenvalue weighted by atomic mass is 10.1.